The summed E-state index contributed by atoms with van der Waals surface area (Å²) in [6, 6.07) is 9.95. The van der Waals surface area contributed by atoms with E-state index in [1.54, 1.807) is 7.05 Å². The third-order valence-electron chi connectivity index (χ3n) is 7.81. The van der Waals surface area contributed by atoms with Gasteiger partial charge in [-0.2, -0.15) is 0 Å². The first kappa shape index (κ1) is 32.9. The van der Waals surface area contributed by atoms with Gasteiger partial charge in [-0.3, -0.25) is 14.4 Å². The van der Waals surface area contributed by atoms with Crippen molar-refractivity contribution in [1.29, 1.82) is 0 Å². The van der Waals surface area contributed by atoms with Crippen molar-refractivity contribution in [2.45, 2.75) is 57.4 Å². The number of rotatable bonds is 8. The van der Waals surface area contributed by atoms with Crippen molar-refractivity contribution in [2.75, 3.05) is 18.5 Å². The summed E-state index contributed by atoms with van der Waals surface area (Å²) >= 11 is 2.18. The van der Waals surface area contributed by atoms with Crippen LogP contribution in [0.5, 0.6) is 5.75 Å². The largest absolute Gasteiger partial charge is 0.478 e. The number of benzene rings is 2. The summed E-state index contributed by atoms with van der Waals surface area (Å²) in [5.74, 6) is -5.00. The molecule has 0 aromatic heterocycles. The van der Waals surface area contributed by atoms with E-state index in [0.29, 0.717) is 30.6 Å². The number of halogens is 1. The monoisotopic (exact) mass is 719 g/mol. The number of amides is 3. The Bertz CT molecular complexity index is 1500. The van der Waals surface area contributed by atoms with Crippen LogP contribution in [0.2, 0.25) is 0 Å². The number of hydrogen-bond donors (Lipinski definition) is 4. The van der Waals surface area contributed by atoms with Gasteiger partial charge in [0, 0.05) is 34.5 Å². The molecule has 1 unspecified atom stereocenters. The van der Waals surface area contributed by atoms with Crippen LogP contribution in [0.3, 0.4) is 0 Å². The van der Waals surface area contributed by atoms with Crippen molar-refractivity contribution in [2.24, 2.45) is 5.41 Å². The van der Waals surface area contributed by atoms with Crippen LogP contribution in [0.15, 0.2) is 48.5 Å². The second-order valence-corrected chi connectivity index (χ2v) is 13.1. The van der Waals surface area contributed by atoms with E-state index in [4.69, 9.17) is 4.74 Å². The predicted molar refractivity (Wildman–Crippen MR) is 168 cm³/mol. The summed E-state index contributed by atoms with van der Waals surface area (Å²) in [5, 5.41) is 32.2. The Morgan fingerprint density at radius 3 is 2.32 bits per heavy atom. The van der Waals surface area contributed by atoms with E-state index in [1.807, 2.05) is 45.0 Å². The summed E-state index contributed by atoms with van der Waals surface area (Å²) in [6.45, 7) is 5.80. The molecule has 0 saturated carbocycles. The minimum atomic E-state index is -2.88. The topological polar surface area (TPSA) is 174 Å². The number of carboxylic acids is 2. The zero-order chi connectivity index (χ0) is 32.6. The van der Waals surface area contributed by atoms with E-state index in [-0.39, 0.29) is 23.1 Å². The van der Waals surface area contributed by atoms with E-state index in [9.17, 15) is 39.3 Å². The first-order valence-electron chi connectivity index (χ1n) is 13.9. The van der Waals surface area contributed by atoms with E-state index in [0.717, 1.165) is 3.57 Å². The highest BCUT2D eigenvalue weighted by molar-refractivity contribution is 14.1. The van der Waals surface area contributed by atoms with Crippen LogP contribution in [0, 0.1) is 8.99 Å². The van der Waals surface area contributed by atoms with Crippen molar-refractivity contribution in [3.63, 3.8) is 0 Å². The Balaban J connectivity index is 1.49. The van der Waals surface area contributed by atoms with Gasteiger partial charge in [0.2, 0.25) is 17.7 Å². The molecule has 3 atom stereocenters. The van der Waals surface area contributed by atoms with Crippen LogP contribution < -0.4 is 15.0 Å². The maximum absolute atomic E-state index is 13.8. The number of carbonyl (C=O) groups is 5. The molecule has 0 aliphatic carbocycles. The zero-order valence-corrected chi connectivity index (χ0v) is 26.8. The highest BCUT2D eigenvalue weighted by Gasteiger charge is 2.61. The lowest BCUT2D eigenvalue weighted by molar-refractivity contribution is -0.180. The van der Waals surface area contributed by atoms with Gasteiger partial charge in [0.15, 0.2) is 0 Å². The molecule has 0 spiro atoms. The molecule has 0 radical (unpaired) electrons. The zero-order valence-electron chi connectivity index (χ0n) is 24.6. The lowest BCUT2D eigenvalue weighted by atomic mass is 9.85. The van der Waals surface area contributed by atoms with Crippen LogP contribution in [0.1, 0.15) is 50.8 Å². The number of carboxylic acid groups (broad SMARTS) is 2. The van der Waals surface area contributed by atoms with E-state index in [2.05, 4.69) is 27.9 Å². The molecule has 3 amide bonds. The molecule has 2 heterocycles. The summed E-state index contributed by atoms with van der Waals surface area (Å²) < 4.78 is 6.15. The summed E-state index contributed by atoms with van der Waals surface area (Å²) in [6.07, 6.45) is 1.72. The van der Waals surface area contributed by atoms with Gasteiger partial charge < -0.3 is 35.2 Å². The number of nitrogens with zero attached hydrogens (tertiary/aromatic N) is 2. The standard InChI is InChI=1S/C31H34IN3O9/c1-30(2,3)24(27(39)35-15-5-6-21(35)26(38)34(4)19-11-9-18(32)10-12-19)33-23(36)14-8-17-7-13-22-20(16-17)25(37)31(44-22,28(40)41)29(42)43/h7-14,16,21,24-25,37H,5-6,15H2,1-4H3,(H,33,36)(H,40,41)(H,42,43)/b14-8+/t21-,24+,25?/m0/s1. The number of fused-ring (bicyclic) bond motifs is 1. The SMILES string of the molecule is CN(C(=O)[C@@H]1CCCN1C(=O)[C@@H](NC(=O)/C=C/c1ccc2c(c1)C(O)C(C(=O)O)(C(=O)O)O2)C(C)(C)C)c1ccc(I)cc1. The highest BCUT2D eigenvalue weighted by Crippen LogP contribution is 2.44. The lowest BCUT2D eigenvalue weighted by Crippen LogP contribution is -2.57. The summed E-state index contributed by atoms with van der Waals surface area (Å²) in [7, 11) is 1.67. The summed E-state index contributed by atoms with van der Waals surface area (Å²) in [4.78, 5) is 66.7. The fourth-order valence-corrected chi connectivity index (χ4v) is 5.68. The van der Waals surface area contributed by atoms with Crippen molar-refractivity contribution in [1.82, 2.24) is 10.2 Å². The van der Waals surface area contributed by atoms with Gasteiger partial charge in [0.25, 0.3) is 0 Å². The molecule has 2 aliphatic rings. The third-order valence-corrected chi connectivity index (χ3v) is 8.53. The van der Waals surface area contributed by atoms with Gasteiger partial charge >= 0.3 is 17.5 Å². The molecular formula is C31H34IN3O9. The van der Waals surface area contributed by atoms with Crippen molar-refractivity contribution in [3.8, 4) is 5.75 Å². The molecule has 12 nitrogen and oxygen atoms in total. The molecular weight excluding hydrogens is 685 g/mol. The molecule has 0 bridgehead atoms. The first-order valence-corrected chi connectivity index (χ1v) is 15.0. The van der Waals surface area contributed by atoms with E-state index >= 15 is 0 Å². The number of aliphatic hydroxyl groups is 1. The maximum Gasteiger partial charge on any atom is 0.363 e. The molecule has 13 heteroatoms. The lowest BCUT2D eigenvalue weighted by Gasteiger charge is -2.36. The van der Waals surface area contributed by atoms with Crippen LogP contribution in [0.25, 0.3) is 6.08 Å². The van der Waals surface area contributed by atoms with Gasteiger partial charge in [0.1, 0.15) is 23.9 Å². The van der Waals surface area contributed by atoms with Crippen LogP contribution >= 0.6 is 22.6 Å². The van der Waals surface area contributed by atoms with Crippen molar-refractivity contribution in [3.05, 3.63) is 63.2 Å². The Kier molecular flexibility index (Phi) is 9.40. The quantitative estimate of drug-likeness (QED) is 0.182. The third kappa shape index (κ3) is 6.29. The Morgan fingerprint density at radius 1 is 1.09 bits per heavy atom. The number of aliphatic carboxylic acids is 2. The van der Waals surface area contributed by atoms with Gasteiger partial charge in [-0.15, -0.1) is 0 Å². The van der Waals surface area contributed by atoms with E-state index in [1.165, 1.54) is 40.2 Å². The number of ether oxygens (including phenoxy) is 1. The normalized spacial score (nSPS) is 19.6. The molecule has 2 aliphatic heterocycles. The molecule has 1 saturated heterocycles. The molecule has 4 N–H and O–H groups in total. The number of nitrogens with one attached hydrogen (secondary N) is 1. The molecule has 1 fully saturated rings. The Hall–Kier alpha value is -3.98. The van der Waals surface area contributed by atoms with Gasteiger partial charge in [0.05, 0.1) is 0 Å². The number of likely N-dealkylation sites (N-methyl/N-ethyl adjacent to an activating group) is 1. The van der Waals surface area contributed by atoms with Crippen LogP contribution in [-0.4, -0.2) is 81.2 Å². The minimum absolute atomic E-state index is 0.0555. The smallest absolute Gasteiger partial charge is 0.363 e. The molecule has 2 aromatic rings. The number of hydrogen-bond acceptors (Lipinski definition) is 7. The second-order valence-electron chi connectivity index (χ2n) is 11.9. The summed E-state index contributed by atoms with van der Waals surface area (Å²) in [5.41, 5.74) is -2.57. The molecule has 2 aromatic carbocycles. The van der Waals surface area contributed by atoms with Gasteiger partial charge in [-0.05, 0) is 88.9 Å². The predicted octanol–water partition coefficient (Wildman–Crippen LogP) is 2.82. The molecule has 44 heavy (non-hydrogen) atoms. The molecule has 4 rings (SSSR count). The van der Waals surface area contributed by atoms with Crippen molar-refractivity contribution >= 4 is 64.0 Å². The number of carbonyl (C=O) groups excluding carboxylic acids is 3. The minimum Gasteiger partial charge on any atom is -0.478 e. The van der Waals surface area contributed by atoms with Crippen molar-refractivity contribution < 1.29 is 44.0 Å². The highest BCUT2D eigenvalue weighted by atomic mass is 127. The van der Waals surface area contributed by atoms with Crippen LogP contribution in [-0.2, 0) is 24.0 Å². The van der Waals surface area contributed by atoms with Gasteiger partial charge in [-0.25, -0.2) is 9.59 Å². The first-order chi connectivity index (χ1) is 20.6. The fraction of sp³-hybridized carbons (Fsp3) is 0.387. The van der Waals surface area contributed by atoms with Gasteiger partial charge in [-0.1, -0.05) is 26.8 Å². The number of aliphatic hydroxyl groups excluding tert-OH is 1. The number of likely N-dealkylation sites (tertiary alicyclic amines) is 1. The van der Waals surface area contributed by atoms with E-state index < -0.39 is 47.0 Å². The number of anilines is 1. The Morgan fingerprint density at radius 2 is 1.73 bits per heavy atom. The Labute approximate surface area is 267 Å². The average molecular weight is 720 g/mol. The molecule has 234 valence electrons. The maximum atomic E-state index is 13.8. The van der Waals surface area contributed by atoms with Crippen LogP contribution in [0.4, 0.5) is 5.69 Å². The second kappa shape index (κ2) is 12.6. The fourth-order valence-electron chi connectivity index (χ4n) is 5.32. The average Bonchev–Trinajstić information content (AvgIpc) is 3.57.